The second-order valence-electron chi connectivity index (χ2n) is 30.8. The minimum atomic E-state index is -0.302. The van der Waals surface area contributed by atoms with Gasteiger partial charge in [-0.25, -0.2) is 0 Å². The smallest absolute Gasteiger partial charge is 0.252 e. The molecule has 0 fully saturated rings. The van der Waals surface area contributed by atoms with Crippen molar-refractivity contribution in [3.63, 3.8) is 0 Å². The molecule has 2 aliphatic heterocycles. The molecule has 3 heteroatoms. The summed E-state index contributed by atoms with van der Waals surface area (Å²) >= 11 is 0. The lowest BCUT2D eigenvalue weighted by Crippen LogP contribution is -2.61. The van der Waals surface area contributed by atoms with Crippen LogP contribution in [-0.2, 0) is 16.2 Å². The molecule has 0 saturated carbocycles. The summed E-state index contributed by atoms with van der Waals surface area (Å²) in [7, 11) is 0. The Morgan fingerprint density at radius 1 is 0.218 bits per heavy atom. The summed E-state index contributed by atoms with van der Waals surface area (Å²) in [5.74, 6) is 0. The van der Waals surface area contributed by atoms with E-state index in [1.807, 2.05) is 0 Å². The number of fused-ring (bicyclic) bond motifs is 6. The molecule has 2 heterocycles. The van der Waals surface area contributed by atoms with Gasteiger partial charge in [0, 0.05) is 45.0 Å². The average molecular weight is 1300 g/mol. The zero-order chi connectivity index (χ0) is 68.9. The number of hydrogen-bond donors (Lipinski definition) is 0. The normalized spacial score (nSPS) is 12.7. The first-order valence-electron chi connectivity index (χ1n) is 35.8. The highest BCUT2D eigenvalue weighted by molar-refractivity contribution is 7.00. The summed E-state index contributed by atoms with van der Waals surface area (Å²) in [6.45, 7) is 21.1. The van der Waals surface area contributed by atoms with Crippen LogP contribution in [0.1, 0.15) is 79.0 Å². The highest BCUT2D eigenvalue weighted by atomic mass is 15.2. The Hall–Kier alpha value is -11.5. The van der Waals surface area contributed by atoms with Crippen LogP contribution in [0.25, 0.3) is 111 Å². The molecule has 0 atom stereocenters. The van der Waals surface area contributed by atoms with Crippen molar-refractivity contribution >= 4 is 78.8 Å². The van der Waals surface area contributed by atoms with Crippen molar-refractivity contribution in [3.8, 4) is 89.0 Å². The van der Waals surface area contributed by atoms with Crippen LogP contribution in [-0.4, -0.2) is 6.71 Å². The SMILES string of the molecule is CC(C)(C)c1cc(-c2ccccc2)c(N2c3ccc(-c4ccccc4)cc3B3c4ccc(-c5ccc6c(-c7ccccc7)c7ccccc7c(-c7ccccc7)c6c5)cc4N(c4c(-c5ccccc5)cc(C(C)(C)C)cc4-c4ccccc4)c4cc(C(C)(C)C)cc2c43)c(-c2ccccc2)c1. The zero-order valence-electron chi connectivity index (χ0n) is 59.1. The fourth-order valence-corrected chi connectivity index (χ4v) is 16.1. The van der Waals surface area contributed by atoms with Crippen LogP contribution in [0.4, 0.5) is 34.1 Å². The largest absolute Gasteiger partial charge is 0.310 e. The van der Waals surface area contributed by atoms with Crippen molar-refractivity contribution in [1.29, 1.82) is 0 Å². The van der Waals surface area contributed by atoms with Gasteiger partial charge in [-0.1, -0.05) is 335 Å². The van der Waals surface area contributed by atoms with Crippen LogP contribution < -0.4 is 26.2 Å². The van der Waals surface area contributed by atoms with Gasteiger partial charge >= 0.3 is 0 Å². The Balaban J connectivity index is 1.04. The predicted molar refractivity (Wildman–Crippen MR) is 435 cm³/mol. The third-order valence-corrected chi connectivity index (χ3v) is 21.3. The second kappa shape index (κ2) is 24.7. The van der Waals surface area contributed by atoms with Gasteiger partial charge in [0.05, 0.1) is 11.4 Å². The lowest BCUT2D eigenvalue weighted by molar-refractivity contribution is 0.590. The number of nitrogens with zero attached hydrogens (tertiary/aromatic N) is 2. The van der Waals surface area contributed by atoms with Gasteiger partial charge in [-0.2, -0.15) is 0 Å². The van der Waals surface area contributed by atoms with Crippen LogP contribution in [0.15, 0.2) is 328 Å². The van der Waals surface area contributed by atoms with E-state index in [4.69, 9.17) is 0 Å². The molecule has 15 aromatic carbocycles. The summed E-state index contributed by atoms with van der Waals surface area (Å²) < 4.78 is 0. The van der Waals surface area contributed by atoms with Crippen molar-refractivity contribution in [2.24, 2.45) is 0 Å². The van der Waals surface area contributed by atoms with E-state index in [1.165, 1.54) is 133 Å². The molecular weight excluding hydrogens is 1220 g/mol. The van der Waals surface area contributed by atoms with Crippen molar-refractivity contribution in [1.82, 2.24) is 0 Å². The molecule has 0 amide bonds. The highest BCUT2D eigenvalue weighted by Gasteiger charge is 2.46. The maximum Gasteiger partial charge on any atom is 0.252 e. The third kappa shape index (κ3) is 11.1. The molecule has 0 aliphatic carbocycles. The first-order valence-corrected chi connectivity index (χ1v) is 35.8. The molecule has 0 unspecified atom stereocenters. The van der Waals surface area contributed by atoms with Gasteiger partial charge in [0.1, 0.15) is 0 Å². The molecule has 0 spiro atoms. The molecule has 0 saturated heterocycles. The Morgan fingerprint density at radius 3 is 0.950 bits per heavy atom. The molecule has 0 N–H and O–H groups in total. The highest BCUT2D eigenvalue weighted by Crippen LogP contribution is 2.56. The maximum absolute atomic E-state index is 2.74. The molecule has 0 aromatic heterocycles. The average Bonchev–Trinajstić information content (AvgIpc) is 0.687. The molecule has 101 heavy (non-hydrogen) atoms. The van der Waals surface area contributed by atoms with Gasteiger partial charge in [0.2, 0.25) is 0 Å². The number of rotatable bonds is 10. The van der Waals surface area contributed by atoms with E-state index >= 15 is 0 Å². The van der Waals surface area contributed by atoms with Gasteiger partial charge in [-0.3, -0.25) is 0 Å². The van der Waals surface area contributed by atoms with Gasteiger partial charge < -0.3 is 9.80 Å². The summed E-state index contributed by atoms with van der Waals surface area (Å²) in [6.07, 6.45) is 0. The first kappa shape index (κ1) is 63.0. The third-order valence-electron chi connectivity index (χ3n) is 21.3. The van der Waals surface area contributed by atoms with Gasteiger partial charge in [0.25, 0.3) is 6.71 Å². The van der Waals surface area contributed by atoms with Gasteiger partial charge in [0.15, 0.2) is 0 Å². The Morgan fingerprint density at radius 2 is 0.535 bits per heavy atom. The second-order valence-corrected chi connectivity index (χ2v) is 30.8. The predicted octanol–water partition coefficient (Wildman–Crippen LogP) is 25.3. The maximum atomic E-state index is 2.74. The van der Waals surface area contributed by atoms with Crippen LogP contribution in [0, 0.1) is 0 Å². The van der Waals surface area contributed by atoms with Crippen LogP contribution >= 0.6 is 0 Å². The number of hydrogen-bond acceptors (Lipinski definition) is 2. The standard InChI is InChI=1S/C98H81BN2/c1-96(2,3)74-58-80(65-35-19-11-20-36-65)94(81(59-74)66-37-21-12-22-38-66)100-87-54-51-72(64-33-17-10-18-34-64)56-86(87)99-85-53-50-73(71-49-52-79-84(55-71)92(70-45-29-16-30-46-70)78-48-32-31-47-77(78)91(79)69-43-27-15-28-44-69)57-88(85)101(90-63-76(98(7,8)9)62-89(100)93(90)99)95-82(67-39-23-13-24-40-67)60-75(97(4,5)6)61-83(95)68-41-25-14-26-42-68/h10-63H,1-9H3. The van der Waals surface area contributed by atoms with E-state index < -0.39 is 0 Å². The molecule has 486 valence electrons. The van der Waals surface area contributed by atoms with E-state index in [9.17, 15) is 0 Å². The minimum absolute atomic E-state index is 0.165. The van der Waals surface area contributed by atoms with Crippen molar-refractivity contribution < 1.29 is 0 Å². The van der Waals surface area contributed by atoms with E-state index in [-0.39, 0.29) is 23.0 Å². The van der Waals surface area contributed by atoms with E-state index in [2.05, 4.69) is 400 Å². The van der Waals surface area contributed by atoms with Crippen LogP contribution in [0.3, 0.4) is 0 Å². The molecule has 0 radical (unpaired) electrons. The molecule has 2 aliphatic rings. The monoisotopic (exact) mass is 1300 g/mol. The Labute approximate surface area is 596 Å². The first-order chi connectivity index (χ1) is 49.0. The zero-order valence-corrected chi connectivity index (χ0v) is 59.1. The Bertz CT molecular complexity index is 5550. The summed E-state index contributed by atoms with van der Waals surface area (Å²) in [5.41, 5.74) is 32.8. The minimum Gasteiger partial charge on any atom is -0.310 e. The summed E-state index contributed by atoms with van der Waals surface area (Å²) in [6, 6.07) is 124. The topological polar surface area (TPSA) is 6.48 Å². The van der Waals surface area contributed by atoms with Crippen LogP contribution in [0.5, 0.6) is 0 Å². The summed E-state index contributed by atoms with van der Waals surface area (Å²) in [4.78, 5) is 5.44. The van der Waals surface area contributed by atoms with Crippen LogP contribution in [0.2, 0.25) is 0 Å². The Kier molecular flexibility index (Phi) is 15.4. The molecule has 17 rings (SSSR count). The van der Waals surface area contributed by atoms with Crippen molar-refractivity contribution in [2.45, 2.75) is 78.6 Å². The van der Waals surface area contributed by atoms with E-state index in [1.54, 1.807) is 0 Å². The fraction of sp³-hybridized carbons (Fsp3) is 0.122. The lowest BCUT2D eigenvalue weighted by atomic mass is 9.33. The van der Waals surface area contributed by atoms with Crippen molar-refractivity contribution in [2.75, 3.05) is 9.80 Å². The molecule has 2 nitrogen and oxygen atoms in total. The fourth-order valence-electron chi connectivity index (χ4n) is 16.1. The lowest BCUT2D eigenvalue weighted by Gasteiger charge is -2.47. The molecular formula is C98H81BN2. The molecule has 0 bridgehead atoms. The summed E-state index contributed by atoms with van der Waals surface area (Å²) in [5, 5.41) is 4.92. The van der Waals surface area contributed by atoms with Gasteiger partial charge in [-0.05, 0) is 192 Å². The van der Waals surface area contributed by atoms with Crippen molar-refractivity contribution in [3.05, 3.63) is 344 Å². The van der Waals surface area contributed by atoms with Gasteiger partial charge in [-0.15, -0.1) is 0 Å². The molecule has 15 aromatic rings. The van der Waals surface area contributed by atoms with E-state index in [0.29, 0.717) is 0 Å². The number of benzene rings is 15. The van der Waals surface area contributed by atoms with E-state index in [0.717, 1.165) is 45.0 Å². The quantitative estimate of drug-likeness (QED) is 0.0995. The number of anilines is 6.